The molecule has 2 rings (SSSR count). The number of thiol groups is 1. The van der Waals surface area contributed by atoms with Crippen molar-refractivity contribution < 1.29 is 19.2 Å². The van der Waals surface area contributed by atoms with Gasteiger partial charge in [-0.05, 0) is 12.1 Å². The Kier molecular flexibility index (Phi) is 4.24. The molecule has 0 bridgehead atoms. The molecule has 0 saturated carbocycles. The van der Waals surface area contributed by atoms with Gasteiger partial charge in [-0.25, -0.2) is 4.39 Å². The molecule has 1 heterocycles. The Balaban J connectivity index is 2.28. The normalized spacial score (nSPS) is 23.7. The van der Waals surface area contributed by atoms with Crippen molar-refractivity contribution in [3.8, 4) is 0 Å². The molecule has 1 unspecified atom stereocenters. The van der Waals surface area contributed by atoms with Crippen LogP contribution in [-0.4, -0.2) is 24.8 Å². The summed E-state index contributed by atoms with van der Waals surface area (Å²) in [4.78, 5) is 11.5. The van der Waals surface area contributed by atoms with Crippen LogP contribution >= 0.6 is 12.6 Å². The van der Waals surface area contributed by atoms with Gasteiger partial charge in [0.1, 0.15) is 12.4 Å². The van der Waals surface area contributed by atoms with Crippen LogP contribution in [0, 0.1) is 5.82 Å². The summed E-state index contributed by atoms with van der Waals surface area (Å²) in [5, 5.41) is 2.12. The van der Waals surface area contributed by atoms with Crippen molar-refractivity contribution in [1.82, 2.24) is 0 Å². The average Bonchev–Trinajstić information content (AvgIpc) is 2.40. The summed E-state index contributed by atoms with van der Waals surface area (Å²) >= 11 is 3.94. The first kappa shape index (κ1) is 13.4. The highest BCUT2D eigenvalue weighted by Crippen LogP contribution is 2.31. The van der Waals surface area contributed by atoms with Crippen molar-refractivity contribution in [3.05, 3.63) is 35.6 Å². The van der Waals surface area contributed by atoms with Crippen molar-refractivity contribution in [2.75, 3.05) is 18.8 Å². The summed E-state index contributed by atoms with van der Waals surface area (Å²) in [6, 6.07) is 6.20. The van der Waals surface area contributed by atoms with Gasteiger partial charge in [-0.2, -0.15) is 12.6 Å². The van der Waals surface area contributed by atoms with Crippen LogP contribution in [0.4, 0.5) is 4.39 Å². The summed E-state index contributed by atoms with van der Waals surface area (Å²) in [6.45, 7) is 1.71. The van der Waals surface area contributed by atoms with Crippen LogP contribution in [0.15, 0.2) is 24.3 Å². The highest BCUT2D eigenvalue weighted by Gasteiger charge is 2.40. The molecule has 1 aromatic rings. The Morgan fingerprint density at radius 2 is 2.17 bits per heavy atom. The number of ether oxygens (including phenoxy) is 1. The molecule has 0 amide bonds. The molecule has 98 valence electrons. The Morgan fingerprint density at radius 1 is 1.44 bits per heavy atom. The maximum absolute atomic E-state index is 13.0. The number of quaternary nitrogens is 1. The highest BCUT2D eigenvalue weighted by atomic mass is 32.1. The minimum Gasteiger partial charge on any atom is -0.447 e. The first-order valence-electron chi connectivity index (χ1n) is 6.07. The second-order valence-corrected chi connectivity index (χ2v) is 4.83. The highest BCUT2D eigenvalue weighted by molar-refractivity contribution is 7.81. The van der Waals surface area contributed by atoms with E-state index < -0.39 is 5.60 Å². The second kappa shape index (κ2) is 5.71. The number of carbonyl (C=O) groups is 1. The molecule has 1 aromatic carbocycles. The quantitative estimate of drug-likeness (QED) is 0.632. The molecular formula is C13H17FNO2S+. The number of esters is 1. The van der Waals surface area contributed by atoms with Gasteiger partial charge in [0.2, 0.25) is 0 Å². The number of rotatable bonds is 3. The molecule has 0 aliphatic carbocycles. The second-order valence-electron chi connectivity index (χ2n) is 4.52. The molecule has 18 heavy (non-hydrogen) atoms. The molecule has 1 fully saturated rings. The molecule has 1 atom stereocenters. The number of hydrogen-bond donors (Lipinski definition) is 2. The molecule has 1 aliphatic heterocycles. The first-order chi connectivity index (χ1) is 8.66. The lowest BCUT2D eigenvalue weighted by Crippen LogP contribution is -2.90. The Bertz CT molecular complexity index is 416. The predicted octanol–water partition coefficient (Wildman–Crippen LogP) is 0.851. The molecular weight excluding hydrogens is 253 g/mol. The summed E-state index contributed by atoms with van der Waals surface area (Å²) in [7, 11) is 0. The lowest BCUT2D eigenvalue weighted by Gasteiger charge is -2.35. The summed E-state index contributed by atoms with van der Waals surface area (Å²) in [5.74, 6) is -0.560. The van der Waals surface area contributed by atoms with Crippen LogP contribution in [0.3, 0.4) is 0 Å². The van der Waals surface area contributed by atoms with Gasteiger partial charge >= 0.3 is 5.97 Å². The van der Waals surface area contributed by atoms with Crippen molar-refractivity contribution >= 4 is 18.6 Å². The minimum absolute atomic E-state index is 0.0585. The van der Waals surface area contributed by atoms with E-state index in [1.54, 1.807) is 12.1 Å². The van der Waals surface area contributed by atoms with Crippen LogP contribution in [0.25, 0.3) is 0 Å². The Hall–Kier alpha value is -1.07. The number of halogens is 1. The molecule has 0 spiro atoms. The smallest absolute Gasteiger partial charge is 0.316 e. The zero-order valence-electron chi connectivity index (χ0n) is 10.1. The van der Waals surface area contributed by atoms with Crippen LogP contribution in [0.5, 0.6) is 0 Å². The number of carbonyl (C=O) groups excluding carboxylic acids is 1. The molecule has 1 saturated heterocycles. The van der Waals surface area contributed by atoms with Gasteiger partial charge < -0.3 is 10.1 Å². The summed E-state index contributed by atoms with van der Waals surface area (Å²) < 4.78 is 18.6. The van der Waals surface area contributed by atoms with Crippen LogP contribution in [0.1, 0.15) is 18.4 Å². The molecule has 2 N–H and O–H groups in total. The Morgan fingerprint density at radius 3 is 2.72 bits per heavy atom. The zero-order valence-corrected chi connectivity index (χ0v) is 11.0. The van der Waals surface area contributed by atoms with E-state index in [1.165, 1.54) is 12.1 Å². The number of benzene rings is 1. The molecule has 0 aromatic heterocycles. The standard InChI is InChI=1S/C13H16FNO2S/c14-11-4-2-10(3-5-11)13(17-12(16)8-18)6-1-7-15-9-13/h2-5,15,18H,1,6-9H2/p+1. The fourth-order valence-corrected chi connectivity index (χ4v) is 2.45. The van der Waals surface area contributed by atoms with Gasteiger partial charge in [-0.1, -0.05) is 12.1 Å². The molecule has 3 nitrogen and oxygen atoms in total. The average molecular weight is 270 g/mol. The van der Waals surface area contributed by atoms with Crippen molar-refractivity contribution in [1.29, 1.82) is 0 Å². The van der Waals surface area contributed by atoms with Gasteiger partial charge in [0, 0.05) is 18.4 Å². The number of piperidine rings is 1. The third-order valence-corrected chi connectivity index (χ3v) is 3.53. The maximum Gasteiger partial charge on any atom is 0.316 e. The van der Waals surface area contributed by atoms with Crippen LogP contribution in [-0.2, 0) is 15.1 Å². The first-order valence-corrected chi connectivity index (χ1v) is 6.70. The lowest BCUT2D eigenvalue weighted by atomic mass is 9.86. The number of nitrogens with two attached hydrogens (primary N) is 1. The topological polar surface area (TPSA) is 42.9 Å². The van der Waals surface area contributed by atoms with E-state index in [1.807, 2.05) is 0 Å². The van der Waals surface area contributed by atoms with Gasteiger partial charge in [0.15, 0.2) is 5.60 Å². The van der Waals surface area contributed by atoms with E-state index in [9.17, 15) is 9.18 Å². The third-order valence-electron chi connectivity index (χ3n) is 3.27. The van der Waals surface area contributed by atoms with Gasteiger partial charge in [0.05, 0.1) is 12.3 Å². The zero-order chi connectivity index (χ0) is 13.0. The third kappa shape index (κ3) is 2.84. The fourth-order valence-electron chi connectivity index (χ4n) is 2.39. The summed E-state index contributed by atoms with van der Waals surface area (Å²) in [6.07, 6.45) is 1.74. The summed E-state index contributed by atoms with van der Waals surface area (Å²) in [5.41, 5.74) is 0.223. The van der Waals surface area contributed by atoms with Gasteiger partial charge in [0.25, 0.3) is 0 Å². The molecule has 0 radical (unpaired) electrons. The van der Waals surface area contributed by atoms with E-state index in [4.69, 9.17) is 4.74 Å². The van der Waals surface area contributed by atoms with E-state index in [-0.39, 0.29) is 17.5 Å². The minimum atomic E-state index is -0.633. The van der Waals surface area contributed by atoms with E-state index in [0.29, 0.717) is 6.54 Å². The molecule has 1 aliphatic rings. The van der Waals surface area contributed by atoms with Crippen LogP contribution < -0.4 is 5.32 Å². The van der Waals surface area contributed by atoms with E-state index in [2.05, 4.69) is 17.9 Å². The number of hydrogen-bond acceptors (Lipinski definition) is 3. The van der Waals surface area contributed by atoms with Crippen LogP contribution in [0.2, 0.25) is 0 Å². The van der Waals surface area contributed by atoms with Gasteiger partial charge in [-0.15, -0.1) is 0 Å². The predicted molar refractivity (Wildman–Crippen MR) is 68.9 cm³/mol. The molecule has 5 heteroatoms. The fraction of sp³-hybridized carbons (Fsp3) is 0.462. The SMILES string of the molecule is O=C(CS)OC1(c2ccc(F)cc2)CCC[NH2+]C1. The van der Waals surface area contributed by atoms with E-state index >= 15 is 0 Å². The van der Waals surface area contributed by atoms with Crippen molar-refractivity contribution in [3.63, 3.8) is 0 Å². The van der Waals surface area contributed by atoms with E-state index in [0.717, 1.165) is 24.9 Å². The van der Waals surface area contributed by atoms with Crippen molar-refractivity contribution in [2.45, 2.75) is 18.4 Å². The lowest BCUT2D eigenvalue weighted by molar-refractivity contribution is -0.678. The van der Waals surface area contributed by atoms with Crippen molar-refractivity contribution in [2.24, 2.45) is 0 Å². The Labute approximate surface area is 111 Å². The van der Waals surface area contributed by atoms with Gasteiger partial charge in [-0.3, -0.25) is 4.79 Å². The monoisotopic (exact) mass is 270 g/mol. The largest absolute Gasteiger partial charge is 0.447 e. The maximum atomic E-state index is 13.0.